The Morgan fingerprint density at radius 3 is 2.52 bits per heavy atom. The Morgan fingerprint density at radius 2 is 1.80 bits per heavy atom. The molecule has 1 aromatic heterocycles. The van der Waals surface area contributed by atoms with Crippen LogP contribution in [-0.2, 0) is 6.54 Å². The number of benzene rings is 1. The van der Waals surface area contributed by atoms with E-state index in [1.807, 2.05) is 18.2 Å². The fourth-order valence-corrected chi connectivity index (χ4v) is 3.32. The number of likely N-dealkylation sites (tertiary alicyclic amines) is 1. The van der Waals surface area contributed by atoms with Crippen molar-refractivity contribution in [1.29, 1.82) is 0 Å². The smallest absolute Gasteiger partial charge is 0.266 e. The van der Waals surface area contributed by atoms with Gasteiger partial charge in [-0.2, -0.15) is 5.10 Å². The quantitative estimate of drug-likeness (QED) is 0.849. The molecular weight excluding hydrogens is 318 g/mol. The van der Waals surface area contributed by atoms with Crippen molar-refractivity contribution in [2.45, 2.75) is 25.8 Å². The molecule has 0 amide bonds. The SMILES string of the molecule is COc1ccc(-c2ccc(=O)n(CC[NH+]3CCCCC3)n2)cc1OC. The number of hydrogen-bond donors (Lipinski definition) is 1. The molecule has 0 spiro atoms. The average molecular weight is 344 g/mol. The summed E-state index contributed by atoms with van der Waals surface area (Å²) in [6.07, 6.45) is 3.89. The van der Waals surface area contributed by atoms with Crippen molar-refractivity contribution < 1.29 is 14.4 Å². The van der Waals surface area contributed by atoms with Gasteiger partial charge < -0.3 is 14.4 Å². The summed E-state index contributed by atoms with van der Waals surface area (Å²) in [5.41, 5.74) is 1.60. The lowest BCUT2D eigenvalue weighted by molar-refractivity contribution is -0.905. The van der Waals surface area contributed by atoms with E-state index in [1.165, 1.54) is 32.4 Å². The van der Waals surface area contributed by atoms with E-state index in [4.69, 9.17) is 9.47 Å². The minimum atomic E-state index is -0.0550. The number of rotatable bonds is 6. The fourth-order valence-electron chi connectivity index (χ4n) is 3.32. The van der Waals surface area contributed by atoms with Crippen LogP contribution < -0.4 is 19.9 Å². The van der Waals surface area contributed by atoms with Crippen LogP contribution in [0.1, 0.15) is 19.3 Å². The molecular formula is C19H26N3O3+. The third-order valence-corrected chi connectivity index (χ3v) is 4.78. The van der Waals surface area contributed by atoms with E-state index in [1.54, 1.807) is 35.9 Å². The first-order valence-corrected chi connectivity index (χ1v) is 8.85. The molecule has 6 nitrogen and oxygen atoms in total. The molecule has 0 unspecified atom stereocenters. The summed E-state index contributed by atoms with van der Waals surface area (Å²) < 4.78 is 12.2. The molecule has 2 aromatic rings. The van der Waals surface area contributed by atoms with Crippen LogP contribution in [0, 0.1) is 0 Å². The number of aromatic nitrogens is 2. The van der Waals surface area contributed by atoms with Crippen LogP contribution in [0.3, 0.4) is 0 Å². The number of ether oxygens (including phenoxy) is 2. The molecule has 2 heterocycles. The standard InChI is InChI=1S/C19H25N3O3/c1-24-17-8-6-15(14-18(17)25-2)16-7-9-19(23)22(20-16)13-12-21-10-4-3-5-11-21/h6-9,14H,3-5,10-13H2,1-2H3/p+1. The summed E-state index contributed by atoms with van der Waals surface area (Å²) in [5, 5.41) is 4.55. The molecule has 1 aliphatic rings. The molecule has 1 N–H and O–H groups in total. The summed E-state index contributed by atoms with van der Waals surface area (Å²) in [4.78, 5) is 13.7. The minimum absolute atomic E-state index is 0.0550. The maximum Gasteiger partial charge on any atom is 0.266 e. The molecule has 134 valence electrons. The zero-order valence-electron chi connectivity index (χ0n) is 15.0. The largest absolute Gasteiger partial charge is 0.493 e. The Bertz CT molecular complexity index is 767. The van der Waals surface area contributed by atoms with Crippen LogP contribution >= 0.6 is 0 Å². The highest BCUT2D eigenvalue weighted by Crippen LogP contribution is 2.31. The minimum Gasteiger partial charge on any atom is -0.493 e. The first kappa shape index (κ1) is 17.5. The van der Waals surface area contributed by atoms with Gasteiger partial charge in [-0.25, -0.2) is 4.68 Å². The fraction of sp³-hybridized carbons (Fsp3) is 0.474. The van der Waals surface area contributed by atoms with Gasteiger partial charge in [0.2, 0.25) is 0 Å². The van der Waals surface area contributed by atoms with Crippen molar-refractivity contribution in [3.63, 3.8) is 0 Å². The number of hydrogen-bond acceptors (Lipinski definition) is 4. The van der Waals surface area contributed by atoms with Crippen LogP contribution in [0.4, 0.5) is 0 Å². The lowest BCUT2D eigenvalue weighted by Crippen LogP contribution is -3.13. The van der Waals surface area contributed by atoms with E-state index in [0.717, 1.165) is 17.8 Å². The highest BCUT2D eigenvalue weighted by atomic mass is 16.5. The van der Waals surface area contributed by atoms with Crippen LogP contribution in [0.5, 0.6) is 11.5 Å². The molecule has 6 heteroatoms. The van der Waals surface area contributed by atoms with Gasteiger partial charge >= 0.3 is 0 Å². The Kier molecular flexibility index (Phi) is 5.71. The van der Waals surface area contributed by atoms with Gasteiger partial charge in [-0.15, -0.1) is 0 Å². The van der Waals surface area contributed by atoms with Gasteiger partial charge in [-0.1, -0.05) is 0 Å². The summed E-state index contributed by atoms with van der Waals surface area (Å²) in [6.45, 7) is 3.99. The molecule has 0 aliphatic carbocycles. The van der Waals surface area contributed by atoms with Crippen LogP contribution in [0.15, 0.2) is 35.1 Å². The molecule has 3 rings (SSSR count). The Labute approximate surface area is 148 Å². The Balaban J connectivity index is 1.80. The third kappa shape index (κ3) is 4.20. The maximum absolute atomic E-state index is 12.1. The molecule has 1 fully saturated rings. The van der Waals surface area contributed by atoms with E-state index < -0.39 is 0 Å². The van der Waals surface area contributed by atoms with Crippen molar-refractivity contribution in [2.75, 3.05) is 33.9 Å². The van der Waals surface area contributed by atoms with Gasteiger partial charge in [0, 0.05) is 11.6 Å². The van der Waals surface area contributed by atoms with Crippen LogP contribution in [0.25, 0.3) is 11.3 Å². The van der Waals surface area contributed by atoms with E-state index in [2.05, 4.69) is 5.10 Å². The van der Waals surface area contributed by atoms with Crippen molar-refractivity contribution in [3.05, 3.63) is 40.7 Å². The van der Waals surface area contributed by atoms with Crippen LogP contribution in [-0.4, -0.2) is 43.6 Å². The second kappa shape index (κ2) is 8.16. The summed E-state index contributed by atoms with van der Waals surface area (Å²) in [6, 6.07) is 9.00. The first-order valence-electron chi connectivity index (χ1n) is 8.85. The van der Waals surface area contributed by atoms with E-state index in [9.17, 15) is 4.79 Å². The number of nitrogens with one attached hydrogen (secondary N) is 1. The highest BCUT2D eigenvalue weighted by Gasteiger charge is 2.14. The van der Waals surface area contributed by atoms with Crippen molar-refractivity contribution >= 4 is 0 Å². The summed E-state index contributed by atoms with van der Waals surface area (Å²) in [7, 11) is 3.22. The molecule has 1 aliphatic heterocycles. The second-order valence-electron chi connectivity index (χ2n) is 6.41. The van der Waals surface area contributed by atoms with E-state index in [-0.39, 0.29) is 5.56 Å². The third-order valence-electron chi connectivity index (χ3n) is 4.78. The van der Waals surface area contributed by atoms with E-state index >= 15 is 0 Å². The van der Waals surface area contributed by atoms with Crippen LogP contribution in [0.2, 0.25) is 0 Å². The molecule has 0 bridgehead atoms. The number of quaternary nitrogens is 1. The van der Waals surface area contributed by atoms with Gasteiger partial charge in [-0.3, -0.25) is 4.79 Å². The zero-order chi connectivity index (χ0) is 17.6. The second-order valence-corrected chi connectivity index (χ2v) is 6.41. The first-order chi connectivity index (χ1) is 12.2. The molecule has 25 heavy (non-hydrogen) atoms. The van der Waals surface area contributed by atoms with Gasteiger partial charge in [0.25, 0.3) is 5.56 Å². The summed E-state index contributed by atoms with van der Waals surface area (Å²) in [5.74, 6) is 1.32. The van der Waals surface area contributed by atoms with Crippen molar-refractivity contribution in [3.8, 4) is 22.8 Å². The maximum atomic E-state index is 12.1. The molecule has 0 atom stereocenters. The molecule has 1 saturated heterocycles. The highest BCUT2D eigenvalue weighted by molar-refractivity contribution is 5.63. The number of piperidine rings is 1. The van der Waals surface area contributed by atoms with Gasteiger partial charge in [-0.05, 0) is 43.5 Å². The Hall–Kier alpha value is -2.34. The van der Waals surface area contributed by atoms with Gasteiger partial charge in [0.1, 0.15) is 0 Å². The predicted octanol–water partition coefficient (Wildman–Crippen LogP) is 0.996. The van der Waals surface area contributed by atoms with Gasteiger partial charge in [0.15, 0.2) is 11.5 Å². The predicted molar refractivity (Wildman–Crippen MR) is 96.5 cm³/mol. The lowest BCUT2D eigenvalue weighted by Gasteiger charge is -2.23. The normalized spacial score (nSPS) is 15.1. The van der Waals surface area contributed by atoms with Gasteiger partial charge in [0.05, 0.1) is 46.1 Å². The lowest BCUT2D eigenvalue weighted by atomic mass is 10.1. The molecule has 1 aromatic carbocycles. The molecule has 0 radical (unpaired) electrons. The Morgan fingerprint density at radius 1 is 1.04 bits per heavy atom. The van der Waals surface area contributed by atoms with Crippen molar-refractivity contribution in [2.24, 2.45) is 0 Å². The van der Waals surface area contributed by atoms with Crippen molar-refractivity contribution in [1.82, 2.24) is 9.78 Å². The topological polar surface area (TPSA) is 57.8 Å². The average Bonchev–Trinajstić information content (AvgIpc) is 2.67. The molecule has 0 saturated carbocycles. The number of nitrogens with zero attached hydrogens (tertiary/aromatic N) is 2. The zero-order valence-corrected chi connectivity index (χ0v) is 15.0. The monoisotopic (exact) mass is 344 g/mol. The number of methoxy groups -OCH3 is 2. The van der Waals surface area contributed by atoms with E-state index in [0.29, 0.717) is 18.0 Å². The summed E-state index contributed by atoms with van der Waals surface area (Å²) >= 11 is 0.